The van der Waals surface area contributed by atoms with Crippen LogP contribution in [0, 0.1) is 0 Å². The lowest BCUT2D eigenvalue weighted by atomic mass is 10.2. The number of nitrogens with two attached hydrogens (primary N) is 1. The van der Waals surface area contributed by atoms with E-state index in [0.717, 1.165) is 17.9 Å². The number of nitrogens with one attached hydrogen (secondary N) is 1. The van der Waals surface area contributed by atoms with Gasteiger partial charge in [0, 0.05) is 11.4 Å². The third-order valence-electron chi connectivity index (χ3n) is 2.50. The summed E-state index contributed by atoms with van der Waals surface area (Å²) in [7, 11) is 0. The minimum atomic E-state index is 0.384. The molecule has 1 aromatic carbocycles. The summed E-state index contributed by atoms with van der Waals surface area (Å²) in [5, 5.41) is 3.11. The van der Waals surface area contributed by atoms with Crippen LogP contribution < -0.4 is 11.1 Å². The van der Waals surface area contributed by atoms with Gasteiger partial charge in [-0.25, -0.2) is 4.99 Å². The Kier molecular flexibility index (Phi) is 4.10. The van der Waals surface area contributed by atoms with Gasteiger partial charge >= 0.3 is 0 Å². The van der Waals surface area contributed by atoms with E-state index in [1.165, 1.54) is 12.2 Å². The molecule has 0 radical (unpaired) electrons. The van der Waals surface area contributed by atoms with Crippen molar-refractivity contribution in [2.45, 2.75) is 18.9 Å². The van der Waals surface area contributed by atoms with E-state index >= 15 is 0 Å². The van der Waals surface area contributed by atoms with Crippen molar-refractivity contribution in [3.8, 4) is 0 Å². The van der Waals surface area contributed by atoms with Gasteiger partial charge in [0.15, 0.2) is 5.96 Å². The minimum absolute atomic E-state index is 0.384. The Bertz CT molecular complexity index is 345. The van der Waals surface area contributed by atoms with E-state index in [2.05, 4.69) is 10.3 Å². The van der Waals surface area contributed by atoms with Crippen molar-refractivity contribution in [1.82, 2.24) is 0 Å². The first-order valence-corrected chi connectivity index (χ1v) is 6.73. The highest BCUT2D eigenvalue weighted by atomic mass is 32.2. The highest BCUT2D eigenvalue weighted by molar-refractivity contribution is 7.99. The van der Waals surface area contributed by atoms with E-state index in [0.29, 0.717) is 12.0 Å². The molecule has 86 valence electrons. The monoisotopic (exact) mass is 235 g/mol. The molecule has 0 saturated carbocycles. The summed E-state index contributed by atoms with van der Waals surface area (Å²) in [6.45, 7) is 0. The van der Waals surface area contributed by atoms with Crippen LogP contribution in [-0.4, -0.2) is 23.5 Å². The normalized spacial score (nSPS) is 21.8. The Morgan fingerprint density at radius 2 is 2.19 bits per heavy atom. The van der Waals surface area contributed by atoms with E-state index in [1.54, 1.807) is 0 Å². The average molecular weight is 235 g/mol. The van der Waals surface area contributed by atoms with E-state index in [1.807, 2.05) is 42.1 Å². The number of hydrogen-bond donors (Lipinski definition) is 2. The summed E-state index contributed by atoms with van der Waals surface area (Å²) in [5.41, 5.74) is 6.86. The molecule has 1 fully saturated rings. The molecule has 1 aromatic rings. The molecule has 4 heteroatoms. The number of nitrogens with zero attached hydrogens (tertiary/aromatic N) is 1. The van der Waals surface area contributed by atoms with Crippen LogP contribution in [0.4, 0.5) is 5.69 Å². The molecule has 1 heterocycles. The van der Waals surface area contributed by atoms with E-state index in [4.69, 9.17) is 5.73 Å². The summed E-state index contributed by atoms with van der Waals surface area (Å²) in [6, 6.07) is 10.3. The van der Waals surface area contributed by atoms with Gasteiger partial charge in [-0.3, -0.25) is 0 Å². The third kappa shape index (κ3) is 3.45. The van der Waals surface area contributed by atoms with Crippen molar-refractivity contribution in [2.75, 3.05) is 16.8 Å². The SMILES string of the molecule is NC(=NC1CCCSC1)Nc1ccccc1. The molecule has 1 atom stereocenters. The molecule has 3 nitrogen and oxygen atoms in total. The fraction of sp³-hybridized carbons (Fsp3) is 0.417. The Morgan fingerprint density at radius 3 is 2.88 bits per heavy atom. The van der Waals surface area contributed by atoms with Gasteiger partial charge in [0.1, 0.15) is 0 Å². The third-order valence-corrected chi connectivity index (χ3v) is 3.70. The molecule has 0 amide bonds. The number of hydrogen-bond acceptors (Lipinski definition) is 2. The summed E-state index contributed by atoms with van der Waals surface area (Å²) in [4.78, 5) is 4.49. The molecular formula is C12H17N3S. The quantitative estimate of drug-likeness (QED) is 0.611. The topological polar surface area (TPSA) is 50.4 Å². The van der Waals surface area contributed by atoms with E-state index < -0.39 is 0 Å². The molecule has 16 heavy (non-hydrogen) atoms. The lowest BCUT2D eigenvalue weighted by Crippen LogP contribution is -2.27. The zero-order valence-corrected chi connectivity index (χ0v) is 10.0. The van der Waals surface area contributed by atoms with Gasteiger partial charge < -0.3 is 11.1 Å². The first-order chi connectivity index (χ1) is 7.84. The second-order valence-corrected chi connectivity index (χ2v) is 5.03. The molecule has 1 aliphatic heterocycles. The zero-order valence-electron chi connectivity index (χ0n) is 9.23. The maximum absolute atomic E-state index is 5.87. The lowest BCUT2D eigenvalue weighted by molar-refractivity contribution is 0.650. The van der Waals surface area contributed by atoms with Crippen LogP contribution in [0.15, 0.2) is 35.3 Å². The van der Waals surface area contributed by atoms with Crippen molar-refractivity contribution in [3.05, 3.63) is 30.3 Å². The number of rotatable bonds is 2. The molecule has 0 aromatic heterocycles. The predicted molar refractivity (Wildman–Crippen MR) is 72.0 cm³/mol. The average Bonchev–Trinajstić information content (AvgIpc) is 2.31. The zero-order chi connectivity index (χ0) is 11.2. The molecule has 1 aliphatic rings. The second-order valence-electron chi connectivity index (χ2n) is 3.88. The summed E-state index contributed by atoms with van der Waals surface area (Å²) in [5.74, 6) is 2.88. The number of thioether (sulfide) groups is 1. The highest BCUT2D eigenvalue weighted by Gasteiger charge is 2.12. The van der Waals surface area contributed by atoms with Crippen LogP contribution in [-0.2, 0) is 0 Å². The van der Waals surface area contributed by atoms with Crippen molar-refractivity contribution in [1.29, 1.82) is 0 Å². The summed E-state index contributed by atoms with van der Waals surface area (Å²) < 4.78 is 0. The number of aliphatic imine (C=N–C) groups is 1. The van der Waals surface area contributed by atoms with E-state index in [-0.39, 0.29) is 0 Å². The molecule has 0 spiro atoms. The van der Waals surface area contributed by atoms with E-state index in [9.17, 15) is 0 Å². The molecule has 3 N–H and O–H groups in total. The number of guanidine groups is 1. The molecule has 1 unspecified atom stereocenters. The second kappa shape index (κ2) is 5.80. The van der Waals surface area contributed by atoms with Crippen LogP contribution in [0.25, 0.3) is 0 Å². The van der Waals surface area contributed by atoms with Gasteiger partial charge in [0.05, 0.1) is 6.04 Å². The van der Waals surface area contributed by atoms with Gasteiger partial charge in [-0.05, 0) is 30.7 Å². The maximum Gasteiger partial charge on any atom is 0.193 e. The van der Waals surface area contributed by atoms with Gasteiger partial charge in [-0.1, -0.05) is 18.2 Å². The maximum atomic E-state index is 5.87. The van der Waals surface area contributed by atoms with Gasteiger partial charge in [0.25, 0.3) is 0 Å². The predicted octanol–water partition coefficient (Wildman–Crippen LogP) is 2.31. The molecule has 0 bridgehead atoms. The minimum Gasteiger partial charge on any atom is -0.370 e. The largest absolute Gasteiger partial charge is 0.370 e. The summed E-state index contributed by atoms with van der Waals surface area (Å²) in [6.07, 6.45) is 2.40. The number of anilines is 1. The highest BCUT2D eigenvalue weighted by Crippen LogP contribution is 2.19. The molecular weight excluding hydrogens is 218 g/mol. The molecule has 2 rings (SSSR count). The molecule has 0 aliphatic carbocycles. The van der Waals surface area contributed by atoms with Crippen molar-refractivity contribution in [3.63, 3.8) is 0 Å². The van der Waals surface area contributed by atoms with Crippen LogP contribution >= 0.6 is 11.8 Å². The first kappa shape index (κ1) is 11.3. The van der Waals surface area contributed by atoms with Crippen LogP contribution in [0.5, 0.6) is 0 Å². The Morgan fingerprint density at radius 1 is 1.38 bits per heavy atom. The Labute approximate surface area is 101 Å². The Balaban J connectivity index is 1.91. The first-order valence-electron chi connectivity index (χ1n) is 5.58. The van der Waals surface area contributed by atoms with Crippen molar-refractivity contribution < 1.29 is 0 Å². The standard InChI is InChI=1S/C12H17N3S/c13-12(14-10-5-2-1-3-6-10)15-11-7-4-8-16-9-11/h1-3,5-6,11H,4,7-9H2,(H3,13,14,15). The van der Waals surface area contributed by atoms with Crippen LogP contribution in [0.1, 0.15) is 12.8 Å². The van der Waals surface area contributed by atoms with Crippen molar-refractivity contribution >= 4 is 23.4 Å². The fourth-order valence-corrected chi connectivity index (χ4v) is 2.77. The van der Waals surface area contributed by atoms with Crippen molar-refractivity contribution in [2.24, 2.45) is 10.7 Å². The van der Waals surface area contributed by atoms with Crippen LogP contribution in [0.3, 0.4) is 0 Å². The van der Waals surface area contributed by atoms with Gasteiger partial charge in [-0.15, -0.1) is 0 Å². The summed E-state index contributed by atoms with van der Waals surface area (Å²) >= 11 is 1.96. The smallest absolute Gasteiger partial charge is 0.193 e. The fourth-order valence-electron chi connectivity index (χ4n) is 1.72. The molecule has 1 saturated heterocycles. The number of benzene rings is 1. The number of para-hydroxylation sites is 1. The lowest BCUT2D eigenvalue weighted by Gasteiger charge is -2.18. The Hall–Kier alpha value is -1.16. The van der Waals surface area contributed by atoms with Gasteiger partial charge in [-0.2, -0.15) is 11.8 Å². The van der Waals surface area contributed by atoms with Gasteiger partial charge in [0.2, 0.25) is 0 Å². The van der Waals surface area contributed by atoms with Crippen LogP contribution in [0.2, 0.25) is 0 Å².